The van der Waals surface area contributed by atoms with E-state index in [1.807, 2.05) is 5.32 Å². The van der Waals surface area contributed by atoms with E-state index in [2.05, 4.69) is 0 Å². The normalized spacial score (nSPS) is 18.8. The van der Waals surface area contributed by atoms with E-state index in [1.165, 1.54) is 6.92 Å². The van der Waals surface area contributed by atoms with Crippen LogP contribution in [0.15, 0.2) is 11.3 Å². The van der Waals surface area contributed by atoms with Crippen molar-refractivity contribution in [3.8, 4) is 0 Å². The number of carbonyl (C=O) groups is 2. The predicted molar refractivity (Wildman–Crippen MR) is 30.0 cm³/mol. The number of nitrogens with two attached hydrogens (primary N) is 1. The molecular formula is C5H6N2O2. The fraction of sp³-hybridized carbons (Fsp3) is 0.200. The van der Waals surface area contributed by atoms with Gasteiger partial charge in [-0.15, -0.1) is 0 Å². The molecule has 0 saturated carbocycles. The maximum absolute atomic E-state index is 10.5. The van der Waals surface area contributed by atoms with Crippen LogP contribution in [0.2, 0.25) is 0 Å². The van der Waals surface area contributed by atoms with E-state index in [4.69, 9.17) is 5.73 Å². The average molecular weight is 126 g/mol. The molecule has 4 nitrogen and oxygen atoms in total. The highest BCUT2D eigenvalue weighted by Gasteiger charge is 2.23. The molecule has 0 radical (unpaired) electrons. The molecule has 0 atom stereocenters. The first-order valence-corrected chi connectivity index (χ1v) is 2.45. The molecular weight excluding hydrogens is 120 g/mol. The van der Waals surface area contributed by atoms with Crippen LogP contribution in [-0.2, 0) is 9.59 Å². The highest BCUT2D eigenvalue weighted by atomic mass is 16.2. The summed E-state index contributed by atoms with van der Waals surface area (Å²) in [4.78, 5) is 21.0. The molecule has 1 heterocycles. The lowest BCUT2D eigenvalue weighted by atomic mass is 10.3. The van der Waals surface area contributed by atoms with E-state index < -0.39 is 11.8 Å². The molecule has 0 fully saturated rings. The lowest BCUT2D eigenvalue weighted by Gasteiger charge is -1.84. The Labute approximate surface area is 51.7 Å². The van der Waals surface area contributed by atoms with Gasteiger partial charge in [0.2, 0.25) is 0 Å². The van der Waals surface area contributed by atoms with Crippen molar-refractivity contribution in [3.05, 3.63) is 11.3 Å². The Balaban J connectivity index is 3.06. The zero-order valence-corrected chi connectivity index (χ0v) is 4.89. The van der Waals surface area contributed by atoms with Crippen LogP contribution < -0.4 is 11.1 Å². The van der Waals surface area contributed by atoms with Gasteiger partial charge in [-0.1, -0.05) is 0 Å². The van der Waals surface area contributed by atoms with E-state index in [9.17, 15) is 9.59 Å². The zero-order valence-electron chi connectivity index (χ0n) is 4.89. The maximum atomic E-state index is 10.5. The molecule has 0 aromatic carbocycles. The van der Waals surface area contributed by atoms with E-state index in [0.717, 1.165) is 0 Å². The van der Waals surface area contributed by atoms with E-state index in [0.29, 0.717) is 5.57 Å². The standard InChI is InChI=1S/C5H6N2O2/c1-2-3(6)5(9)7-4(2)8/h1H3,(H3,6,7,8,9). The predicted octanol–water partition coefficient (Wildman–Crippen LogP) is -1.12. The van der Waals surface area contributed by atoms with Crippen LogP contribution in [0.25, 0.3) is 0 Å². The third-order valence-corrected chi connectivity index (χ3v) is 1.22. The molecule has 1 aliphatic heterocycles. The van der Waals surface area contributed by atoms with Crippen molar-refractivity contribution >= 4 is 11.8 Å². The Morgan fingerprint density at radius 2 is 1.89 bits per heavy atom. The third kappa shape index (κ3) is 0.679. The second kappa shape index (κ2) is 1.58. The molecule has 0 unspecified atom stereocenters. The van der Waals surface area contributed by atoms with Crippen molar-refractivity contribution in [1.29, 1.82) is 0 Å². The van der Waals surface area contributed by atoms with Gasteiger partial charge in [0, 0.05) is 5.57 Å². The van der Waals surface area contributed by atoms with Gasteiger partial charge in [-0.25, -0.2) is 0 Å². The molecule has 0 aliphatic carbocycles. The van der Waals surface area contributed by atoms with Gasteiger partial charge in [0.05, 0.1) is 0 Å². The monoisotopic (exact) mass is 126 g/mol. The molecule has 2 amide bonds. The summed E-state index contributed by atoms with van der Waals surface area (Å²) >= 11 is 0. The largest absolute Gasteiger partial charge is 0.394 e. The Kier molecular flexibility index (Phi) is 1.02. The van der Waals surface area contributed by atoms with Crippen LogP contribution in [0.3, 0.4) is 0 Å². The summed E-state index contributed by atoms with van der Waals surface area (Å²) < 4.78 is 0. The first-order valence-electron chi connectivity index (χ1n) is 2.45. The molecule has 0 spiro atoms. The molecule has 0 saturated heterocycles. The molecule has 3 N–H and O–H groups in total. The quantitative estimate of drug-likeness (QED) is 0.403. The van der Waals surface area contributed by atoms with Crippen LogP contribution in [0.1, 0.15) is 6.92 Å². The highest BCUT2D eigenvalue weighted by molar-refractivity contribution is 6.18. The Hall–Kier alpha value is -1.32. The Morgan fingerprint density at radius 1 is 1.33 bits per heavy atom. The van der Waals surface area contributed by atoms with Crippen LogP contribution in [0, 0.1) is 0 Å². The molecule has 1 rings (SSSR count). The van der Waals surface area contributed by atoms with Crippen molar-refractivity contribution < 1.29 is 9.59 Å². The molecule has 0 aromatic rings. The molecule has 4 heteroatoms. The van der Waals surface area contributed by atoms with Gasteiger partial charge < -0.3 is 5.73 Å². The van der Waals surface area contributed by atoms with Crippen molar-refractivity contribution in [2.24, 2.45) is 5.73 Å². The SMILES string of the molecule is CC1=C(N)C(=O)NC1=O. The minimum absolute atomic E-state index is 0.0278. The number of amides is 2. The second-order valence-corrected chi connectivity index (χ2v) is 1.82. The second-order valence-electron chi connectivity index (χ2n) is 1.82. The number of hydrogen-bond acceptors (Lipinski definition) is 3. The molecule has 9 heavy (non-hydrogen) atoms. The number of hydrogen-bond donors (Lipinski definition) is 2. The molecule has 1 aliphatic rings. The Morgan fingerprint density at radius 3 is 2.00 bits per heavy atom. The molecule has 48 valence electrons. The van der Waals surface area contributed by atoms with Crippen LogP contribution in [-0.4, -0.2) is 11.8 Å². The third-order valence-electron chi connectivity index (χ3n) is 1.22. The summed E-state index contributed by atoms with van der Waals surface area (Å²) in [5, 5.41) is 2.04. The number of imide groups is 1. The van der Waals surface area contributed by atoms with Crippen molar-refractivity contribution in [3.63, 3.8) is 0 Å². The van der Waals surface area contributed by atoms with E-state index >= 15 is 0 Å². The van der Waals surface area contributed by atoms with Gasteiger partial charge in [0.15, 0.2) is 0 Å². The summed E-state index contributed by atoms with van der Waals surface area (Å²) in [5.41, 5.74) is 5.49. The van der Waals surface area contributed by atoms with E-state index in [-0.39, 0.29) is 5.70 Å². The van der Waals surface area contributed by atoms with Crippen molar-refractivity contribution in [2.75, 3.05) is 0 Å². The summed E-state index contributed by atoms with van der Waals surface area (Å²) in [6, 6.07) is 0. The van der Waals surface area contributed by atoms with Crippen molar-refractivity contribution in [2.45, 2.75) is 6.92 Å². The minimum Gasteiger partial charge on any atom is -0.394 e. The maximum Gasteiger partial charge on any atom is 0.274 e. The van der Waals surface area contributed by atoms with Gasteiger partial charge in [-0.05, 0) is 6.92 Å². The van der Waals surface area contributed by atoms with Crippen LogP contribution in [0.5, 0.6) is 0 Å². The summed E-state index contributed by atoms with van der Waals surface area (Å²) in [6.45, 7) is 1.51. The first kappa shape index (κ1) is 5.81. The highest BCUT2D eigenvalue weighted by Crippen LogP contribution is 2.04. The fourth-order valence-electron chi connectivity index (χ4n) is 0.557. The number of rotatable bonds is 0. The van der Waals surface area contributed by atoms with E-state index in [1.54, 1.807) is 0 Å². The lowest BCUT2D eigenvalue weighted by molar-refractivity contribution is -0.124. The van der Waals surface area contributed by atoms with Gasteiger partial charge in [-0.2, -0.15) is 0 Å². The zero-order chi connectivity index (χ0) is 7.02. The first-order chi connectivity index (χ1) is 4.13. The lowest BCUT2D eigenvalue weighted by Crippen LogP contribution is -2.24. The summed E-state index contributed by atoms with van der Waals surface area (Å²) in [5.74, 6) is -0.880. The van der Waals surface area contributed by atoms with Gasteiger partial charge in [0.1, 0.15) is 5.70 Å². The van der Waals surface area contributed by atoms with Gasteiger partial charge in [0.25, 0.3) is 11.8 Å². The van der Waals surface area contributed by atoms with Crippen LogP contribution >= 0.6 is 0 Å². The Bertz CT molecular complexity index is 195. The van der Waals surface area contributed by atoms with Gasteiger partial charge in [-0.3, -0.25) is 14.9 Å². The minimum atomic E-state index is -0.488. The van der Waals surface area contributed by atoms with Gasteiger partial charge >= 0.3 is 0 Å². The molecule has 0 bridgehead atoms. The van der Waals surface area contributed by atoms with Crippen LogP contribution in [0.4, 0.5) is 0 Å². The number of carbonyl (C=O) groups excluding carboxylic acids is 2. The van der Waals surface area contributed by atoms with Crippen molar-refractivity contribution in [1.82, 2.24) is 5.32 Å². The smallest absolute Gasteiger partial charge is 0.274 e. The molecule has 0 aromatic heterocycles. The number of nitrogens with one attached hydrogen (secondary N) is 1. The fourth-order valence-corrected chi connectivity index (χ4v) is 0.557. The average Bonchev–Trinajstić information content (AvgIpc) is 1.98. The summed E-state index contributed by atoms with van der Waals surface area (Å²) in [6.07, 6.45) is 0. The topological polar surface area (TPSA) is 72.2 Å². The summed E-state index contributed by atoms with van der Waals surface area (Å²) in [7, 11) is 0.